The molecular weight excluding hydrogens is 518 g/mol. The molecule has 0 amide bonds. The summed E-state index contributed by atoms with van der Waals surface area (Å²) in [5.41, 5.74) is 2.70. The van der Waals surface area contributed by atoms with Gasteiger partial charge in [-0.25, -0.2) is 0 Å². The van der Waals surface area contributed by atoms with Crippen LogP contribution in [0.1, 0.15) is 115 Å². The summed E-state index contributed by atoms with van der Waals surface area (Å²) in [6.45, 7) is 4.56. The Hall–Kier alpha value is 0.110. The predicted molar refractivity (Wildman–Crippen MR) is 147 cm³/mol. The van der Waals surface area contributed by atoms with Crippen LogP contribution in [0.2, 0.25) is 0 Å². The maximum absolute atomic E-state index is 8.52. The molecule has 0 aromatic heterocycles. The summed E-state index contributed by atoms with van der Waals surface area (Å²) in [5, 5.41) is 0. The summed E-state index contributed by atoms with van der Waals surface area (Å²) in [5.74, 6) is 2.08. The molecule has 0 fully saturated rings. The monoisotopic (exact) mass is 564 g/mol. The van der Waals surface area contributed by atoms with Gasteiger partial charge >= 0.3 is 59.1 Å². The molecule has 0 heterocycles. The van der Waals surface area contributed by atoms with E-state index in [1.807, 2.05) is 0 Å². The Balaban J connectivity index is 0. The molecule has 2 aromatic carbocycles. The van der Waals surface area contributed by atoms with Crippen LogP contribution in [0.4, 0.5) is 0 Å². The Morgan fingerprint density at radius 2 is 0.842 bits per heavy atom. The summed E-state index contributed by atoms with van der Waals surface area (Å²) in [4.78, 5) is 0. The van der Waals surface area contributed by atoms with E-state index in [9.17, 15) is 0 Å². The van der Waals surface area contributed by atoms with Crippen molar-refractivity contribution in [1.82, 2.24) is 0 Å². The average Bonchev–Trinajstić information content (AvgIpc) is 2.84. The Morgan fingerprint density at radius 1 is 0.553 bits per heavy atom. The zero-order valence-corrected chi connectivity index (χ0v) is 29.2. The fraction of sp³-hybridized carbons (Fsp3) is 0.600. The molecule has 0 bridgehead atoms. The van der Waals surface area contributed by atoms with Gasteiger partial charge in [0.25, 0.3) is 0 Å². The van der Waals surface area contributed by atoms with Gasteiger partial charge in [-0.3, -0.25) is 8.42 Å². The van der Waals surface area contributed by atoms with Gasteiger partial charge in [0, 0.05) is 10.4 Å². The van der Waals surface area contributed by atoms with Crippen LogP contribution in [0, 0.1) is 0 Å². The number of para-hydroxylation sites is 2. The molecule has 38 heavy (non-hydrogen) atoms. The van der Waals surface area contributed by atoms with Gasteiger partial charge in [0.15, 0.2) is 0 Å². The van der Waals surface area contributed by atoms with Crippen LogP contribution in [0.3, 0.4) is 0 Å². The normalized spacial score (nSPS) is 10.5. The first-order chi connectivity index (χ1) is 17.3. The molecule has 0 saturated heterocycles. The number of aryl methyl sites for hydroxylation is 2. The van der Waals surface area contributed by atoms with Crippen LogP contribution >= 0.6 is 0 Å². The second-order valence-corrected chi connectivity index (χ2v) is 10.3. The Bertz CT molecular complexity index is 855. The molecule has 0 aliphatic heterocycles. The summed E-state index contributed by atoms with van der Waals surface area (Å²) < 4.78 is 40.5. The van der Waals surface area contributed by atoms with Crippen molar-refractivity contribution in [2.24, 2.45) is 0 Å². The van der Waals surface area contributed by atoms with Gasteiger partial charge < -0.3 is 13.8 Å². The van der Waals surface area contributed by atoms with Crippen LogP contribution in [-0.4, -0.2) is 17.5 Å². The summed E-state index contributed by atoms with van der Waals surface area (Å²) in [6, 6.07) is 17.3. The topological polar surface area (TPSA) is 89.5 Å². The minimum Gasteiger partial charge on any atom is -0.759 e. The van der Waals surface area contributed by atoms with Crippen LogP contribution in [0.5, 0.6) is 11.5 Å². The van der Waals surface area contributed by atoms with Crippen molar-refractivity contribution in [1.29, 1.82) is 0 Å². The number of ether oxygens (including phenoxy) is 1. The molecular formula is C30H46Na2O5S. The molecule has 5 nitrogen and oxygen atoms in total. The Kier molecular flexibility index (Phi) is 27.6. The maximum Gasteiger partial charge on any atom is 1.00 e. The standard InChI is InChI=1S/C30H46O.2Na.H2O4S/c1-3-5-7-9-11-13-15-21-27-23-17-19-25-29(27)31-30-26-20-18-24-28(30)22-16-14-12-10-8-6-4-2;;;1-5(2,3)4/h17-20,23-26H,3-16,21-22H2,1-2H3;;;(H2,1,2,3,4)/q;2*+1;/p-2. The summed E-state index contributed by atoms with van der Waals surface area (Å²) >= 11 is 0. The summed E-state index contributed by atoms with van der Waals surface area (Å²) in [6.07, 6.45) is 21.1. The first-order valence-corrected chi connectivity index (χ1v) is 15.2. The minimum atomic E-state index is -5.17. The summed E-state index contributed by atoms with van der Waals surface area (Å²) in [7, 11) is -5.17. The third-order valence-corrected chi connectivity index (χ3v) is 6.26. The second kappa shape index (κ2) is 26.0. The Morgan fingerprint density at radius 3 is 1.18 bits per heavy atom. The van der Waals surface area contributed by atoms with Crippen LogP contribution in [-0.2, 0) is 23.2 Å². The van der Waals surface area contributed by atoms with E-state index in [4.69, 9.17) is 22.3 Å². The molecule has 0 atom stereocenters. The van der Waals surface area contributed by atoms with E-state index in [2.05, 4.69) is 62.4 Å². The quantitative estimate of drug-likeness (QED) is 0.120. The number of hydrogen-bond donors (Lipinski definition) is 0. The number of rotatable bonds is 18. The number of hydrogen-bond acceptors (Lipinski definition) is 5. The molecule has 204 valence electrons. The van der Waals surface area contributed by atoms with Crippen LogP contribution in [0.25, 0.3) is 0 Å². The van der Waals surface area contributed by atoms with E-state index >= 15 is 0 Å². The fourth-order valence-electron chi connectivity index (χ4n) is 4.28. The third kappa shape index (κ3) is 22.9. The van der Waals surface area contributed by atoms with E-state index in [1.165, 1.54) is 101 Å². The second-order valence-electron chi connectivity index (χ2n) is 9.47. The van der Waals surface area contributed by atoms with Gasteiger partial charge in [0.2, 0.25) is 0 Å². The van der Waals surface area contributed by atoms with E-state index in [0.29, 0.717) is 0 Å². The van der Waals surface area contributed by atoms with Crippen molar-refractivity contribution < 1.29 is 81.4 Å². The Labute approximate surface area is 277 Å². The van der Waals surface area contributed by atoms with E-state index in [1.54, 1.807) is 0 Å². The molecule has 0 N–H and O–H groups in total. The zero-order valence-electron chi connectivity index (χ0n) is 24.4. The fourth-order valence-corrected chi connectivity index (χ4v) is 4.28. The molecule has 0 saturated carbocycles. The van der Waals surface area contributed by atoms with Crippen molar-refractivity contribution in [3.63, 3.8) is 0 Å². The molecule has 2 rings (SSSR count). The molecule has 0 aliphatic carbocycles. The molecule has 0 radical (unpaired) electrons. The average molecular weight is 565 g/mol. The van der Waals surface area contributed by atoms with E-state index in [0.717, 1.165) is 24.3 Å². The number of unbranched alkanes of at least 4 members (excludes halogenated alkanes) is 12. The molecule has 0 spiro atoms. The van der Waals surface area contributed by atoms with Gasteiger partial charge in [-0.1, -0.05) is 127 Å². The van der Waals surface area contributed by atoms with Gasteiger partial charge in [0.1, 0.15) is 11.5 Å². The third-order valence-electron chi connectivity index (χ3n) is 6.26. The maximum atomic E-state index is 8.52. The van der Waals surface area contributed by atoms with Crippen LogP contribution in [0.15, 0.2) is 48.5 Å². The molecule has 2 aromatic rings. The SMILES string of the molecule is CCCCCCCCCc1ccccc1Oc1ccccc1CCCCCCCCC.O=S(=O)([O-])[O-].[Na+].[Na+]. The van der Waals surface area contributed by atoms with E-state index < -0.39 is 10.4 Å². The van der Waals surface area contributed by atoms with E-state index in [-0.39, 0.29) is 59.1 Å². The van der Waals surface area contributed by atoms with Gasteiger partial charge in [-0.2, -0.15) is 0 Å². The van der Waals surface area contributed by atoms with Crippen molar-refractivity contribution in [2.75, 3.05) is 0 Å². The van der Waals surface area contributed by atoms with Crippen molar-refractivity contribution >= 4 is 10.4 Å². The smallest absolute Gasteiger partial charge is 0.759 e. The zero-order chi connectivity index (χ0) is 26.5. The molecule has 0 aliphatic rings. The van der Waals surface area contributed by atoms with Gasteiger partial charge in [0.05, 0.1) is 0 Å². The predicted octanol–water partition coefficient (Wildman–Crippen LogP) is 2.74. The van der Waals surface area contributed by atoms with Crippen LogP contribution < -0.4 is 63.9 Å². The number of benzene rings is 2. The largest absolute Gasteiger partial charge is 1.00 e. The van der Waals surface area contributed by atoms with Gasteiger partial charge in [-0.05, 0) is 48.9 Å². The van der Waals surface area contributed by atoms with Gasteiger partial charge in [-0.15, -0.1) is 0 Å². The molecule has 8 heteroatoms. The first-order valence-electron chi connectivity index (χ1n) is 13.9. The van der Waals surface area contributed by atoms with Crippen molar-refractivity contribution in [3.05, 3.63) is 59.7 Å². The molecule has 0 unspecified atom stereocenters. The minimum absolute atomic E-state index is 0. The van der Waals surface area contributed by atoms with Crippen molar-refractivity contribution in [3.8, 4) is 11.5 Å². The first kappa shape index (κ1) is 40.2. The van der Waals surface area contributed by atoms with Crippen molar-refractivity contribution in [2.45, 2.75) is 117 Å².